The van der Waals surface area contributed by atoms with E-state index in [-0.39, 0.29) is 17.8 Å². The number of nitrogens with two attached hydrogens (primary N) is 1. The number of hydrogen-bond acceptors (Lipinski definition) is 3. The van der Waals surface area contributed by atoms with Crippen LogP contribution in [-0.4, -0.2) is 32.8 Å². The second kappa shape index (κ2) is 8.08. The van der Waals surface area contributed by atoms with E-state index >= 15 is 0 Å². The minimum atomic E-state index is -0.161. The fraction of sp³-hybridized carbons (Fsp3) is 0.350. The number of nitrogens with one attached hydrogen (secondary N) is 1. The highest BCUT2D eigenvalue weighted by molar-refractivity contribution is 5.78. The molecule has 1 saturated carbocycles. The number of nitrogens with zero attached hydrogens (tertiary/aromatic N) is 1. The van der Waals surface area contributed by atoms with Crippen LogP contribution in [-0.2, 0) is 6.42 Å². The average molecular weight is 357 g/mol. The first-order valence-electron chi connectivity index (χ1n) is 8.64. The van der Waals surface area contributed by atoms with Crippen molar-refractivity contribution in [3.63, 3.8) is 0 Å². The molecule has 1 aliphatic carbocycles. The Balaban J connectivity index is 1.50. The van der Waals surface area contributed by atoms with E-state index < -0.39 is 0 Å². The highest BCUT2D eigenvalue weighted by Crippen LogP contribution is 2.41. The Morgan fingerprint density at radius 2 is 1.96 bits per heavy atom. The van der Waals surface area contributed by atoms with Gasteiger partial charge in [0, 0.05) is 18.5 Å². The first-order chi connectivity index (χ1) is 12.6. The number of hydrogen-bond donors (Lipinski definition) is 2. The number of methoxy groups -OCH3 is 2. The lowest BCUT2D eigenvalue weighted by Crippen LogP contribution is -2.34. The molecule has 0 aliphatic heterocycles. The molecule has 2 atom stereocenters. The molecule has 0 bridgehead atoms. The Kier molecular flexibility index (Phi) is 5.61. The Bertz CT molecular complexity index is 794. The first kappa shape index (κ1) is 18.0. The fourth-order valence-electron chi connectivity index (χ4n) is 3.05. The minimum Gasteiger partial charge on any atom is -0.493 e. The molecule has 0 saturated heterocycles. The number of ether oxygens (including phenoxy) is 2. The number of halogens is 1. The zero-order valence-corrected chi connectivity index (χ0v) is 15.0. The van der Waals surface area contributed by atoms with Crippen LogP contribution in [0, 0.1) is 5.82 Å². The highest BCUT2D eigenvalue weighted by atomic mass is 19.1. The Labute approximate surface area is 153 Å². The third-order valence-corrected chi connectivity index (χ3v) is 4.56. The molecule has 26 heavy (non-hydrogen) atoms. The van der Waals surface area contributed by atoms with Gasteiger partial charge in [-0.1, -0.05) is 24.3 Å². The summed E-state index contributed by atoms with van der Waals surface area (Å²) in [5, 5.41) is 3.17. The van der Waals surface area contributed by atoms with Gasteiger partial charge in [-0.05, 0) is 42.2 Å². The average Bonchev–Trinajstić information content (AvgIpc) is 3.40. The molecule has 6 heteroatoms. The van der Waals surface area contributed by atoms with Crippen molar-refractivity contribution in [3.8, 4) is 11.5 Å². The van der Waals surface area contributed by atoms with Crippen LogP contribution in [0.5, 0.6) is 11.5 Å². The van der Waals surface area contributed by atoms with Crippen LogP contribution in [0.4, 0.5) is 4.39 Å². The van der Waals surface area contributed by atoms with Crippen molar-refractivity contribution in [2.75, 3.05) is 20.8 Å². The molecule has 3 rings (SSSR count). The van der Waals surface area contributed by atoms with Crippen LogP contribution in [0.25, 0.3) is 0 Å². The van der Waals surface area contributed by atoms with E-state index in [4.69, 9.17) is 15.2 Å². The van der Waals surface area contributed by atoms with Crippen molar-refractivity contribution < 1.29 is 13.9 Å². The van der Waals surface area contributed by atoms with E-state index in [1.807, 2.05) is 30.3 Å². The van der Waals surface area contributed by atoms with E-state index in [2.05, 4.69) is 10.3 Å². The summed E-state index contributed by atoms with van der Waals surface area (Å²) in [5.41, 5.74) is 7.79. The molecular formula is C20H24FN3O2. The number of guanidine groups is 1. The van der Waals surface area contributed by atoms with E-state index in [9.17, 15) is 4.39 Å². The van der Waals surface area contributed by atoms with Gasteiger partial charge in [0.2, 0.25) is 0 Å². The van der Waals surface area contributed by atoms with Crippen molar-refractivity contribution >= 4 is 5.96 Å². The number of rotatable bonds is 7. The summed E-state index contributed by atoms with van der Waals surface area (Å²) in [6.07, 6.45) is 1.61. The smallest absolute Gasteiger partial charge is 0.188 e. The molecule has 2 aromatic carbocycles. The molecule has 2 unspecified atom stereocenters. The molecule has 2 aromatic rings. The minimum absolute atomic E-state index is 0.150. The Morgan fingerprint density at radius 1 is 1.19 bits per heavy atom. The molecule has 0 aromatic heterocycles. The van der Waals surface area contributed by atoms with Crippen LogP contribution in [0.3, 0.4) is 0 Å². The summed E-state index contributed by atoms with van der Waals surface area (Å²) in [7, 11) is 3.23. The van der Waals surface area contributed by atoms with E-state index in [0.29, 0.717) is 24.0 Å². The summed E-state index contributed by atoms with van der Waals surface area (Å²) in [4.78, 5) is 4.37. The van der Waals surface area contributed by atoms with Gasteiger partial charge >= 0.3 is 0 Å². The SMILES string of the molecule is COc1ccc(CCN=C(N)NC2CC2c2ccccc2F)cc1OC. The second-order valence-electron chi connectivity index (χ2n) is 6.32. The van der Waals surface area contributed by atoms with Gasteiger partial charge in [0.05, 0.1) is 14.2 Å². The molecule has 1 fully saturated rings. The Morgan fingerprint density at radius 3 is 2.69 bits per heavy atom. The lowest BCUT2D eigenvalue weighted by molar-refractivity contribution is 0.354. The highest BCUT2D eigenvalue weighted by Gasteiger charge is 2.40. The maximum absolute atomic E-state index is 13.8. The summed E-state index contributed by atoms with van der Waals surface area (Å²) in [6, 6.07) is 12.8. The molecule has 0 radical (unpaired) electrons. The summed E-state index contributed by atoms with van der Waals surface area (Å²) in [5.74, 6) is 1.80. The standard InChI is InChI=1S/C20H24FN3O2/c1-25-18-8-7-13(11-19(18)26-2)9-10-23-20(22)24-17-12-15(17)14-5-3-4-6-16(14)21/h3-8,11,15,17H,9-10,12H2,1-2H3,(H3,22,23,24). The zero-order valence-electron chi connectivity index (χ0n) is 15.0. The van der Waals surface area contributed by atoms with Crippen molar-refractivity contribution in [1.82, 2.24) is 5.32 Å². The topological polar surface area (TPSA) is 68.9 Å². The molecular weight excluding hydrogens is 333 g/mol. The van der Waals surface area contributed by atoms with E-state index in [0.717, 1.165) is 24.0 Å². The molecule has 138 valence electrons. The van der Waals surface area contributed by atoms with Crippen LogP contribution in [0.2, 0.25) is 0 Å². The van der Waals surface area contributed by atoms with Gasteiger partial charge in [-0.2, -0.15) is 0 Å². The zero-order chi connectivity index (χ0) is 18.5. The normalized spacial score (nSPS) is 19.1. The molecule has 0 spiro atoms. The van der Waals surface area contributed by atoms with Gasteiger partial charge in [0.15, 0.2) is 17.5 Å². The number of benzene rings is 2. The molecule has 0 amide bonds. The van der Waals surface area contributed by atoms with Gasteiger partial charge in [0.1, 0.15) is 5.82 Å². The van der Waals surface area contributed by atoms with Crippen LogP contribution < -0.4 is 20.5 Å². The summed E-state index contributed by atoms with van der Waals surface area (Å²) in [6.45, 7) is 0.561. The lowest BCUT2D eigenvalue weighted by Gasteiger charge is -2.09. The molecule has 1 aliphatic rings. The summed E-state index contributed by atoms with van der Waals surface area (Å²) < 4.78 is 24.3. The van der Waals surface area contributed by atoms with Crippen molar-refractivity contribution in [2.45, 2.75) is 24.8 Å². The first-order valence-corrected chi connectivity index (χ1v) is 8.64. The monoisotopic (exact) mass is 357 g/mol. The number of aliphatic imine (C=N–C) groups is 1. The van der Waals surface area contributed by atoms with Crippen LogP contribution in [0.1, 0.15) is 23.5 Å². The Hall–Kier alpha value is -2.76. The predicted molar refractivity (Wildman–Crippen MR) is 100 cm³/mol. The van der Waals surface area contributed by atoms with E-state index in [1.54, 1.807) is 20.3 Å². The largest absolute Gasteiger partial charge is 0.493 e. The van der Waals surface area contributed by atoms with Gasteiger partial charge in [-0.25, -0.2) is 4.39 Å². The lowest BCUT2D eigenvalue weighted by atomic mass is 10.1. The van der Waals surface area contributed by atoms with Gasteiger partial charge < -0.3 is 20.5 Å². The molecule has 3 N–H and O–H groups in total. The van der Waals surface area contributed by atoms with Gasteiger partial charge in [-0.3, -0.25) is 4.99 Å². The van der Waals surface area contributed by atoms with E-state index in [1.165, 1.54) is 6.07 Å². The third-order valence-electron chi connectivity index (χ3n) is 4.56. The van der Waals surface area contributed by atoms with Gasteiger partial charge in [-0.15, -0.1) is 0 Å². The van der Waals surface area contributed by atoms with Crippen LogP contribution >= 0.6 is 0 Å². The van der Waals surface area contributed by atoms with Crippen molar-refractivity contribution in [1.29, 1.82) is 0 Å². The maximum atomic E-state index is 13.8. The maximum Gasteiger partial charge on any atom is 0.188 e. The second-order valence-corrected chi connectivity index (χ2v) is 6.32. The third kappa shape index (κ3) is 4.25. The van der Waals surface area contributed by atoms with Crippen molar-refractivity contribution in [3.05, 3.63) is 59.4 Å². The quantitative estimate of drug-likeness (QED) is 0.591. The molecule has 0 heterocycles. The van der Waals surface area contributed by atoms with Crippen LogP contribution in [0.15, 0.2) is 47.5 Å². The van der Waals surface area contributed by atoms with Gasteiger partial charge in [0.25, 0.3) is 0 Å². The predicted octanol–water partition coefficient (Wildman–Crippen LogP) is 2.85. The van der Waals surface area contributed by atoms with Crippen molar-refractivity contribution in [2.24, 2.45) is 10.7 Å². The summed E-state index contributed by atoms with van der Waals surface area (Å²) >= 11 is 0. The fourth-order valence-corrected chi connectivity index (χ4v) is 3.05. The molecule has 5 nitrogen and oxygen atoms in total.